The predicted molar refractivity (Wildman–Crippen MR) is 82.3 cm³/mol. The standard InChI is InChI=1S/C15H33FO2Si/c1-11(2)13(17)10-12(3)18-19(16,14(4,5)6)15(7,8)9/h11-13,17H,10H2,1-9H3/t12-,13-/m0/s1. The van der Waals surface area contributed by atoms with Gasteiger partial charge in [0, 0.05) is 16.2 Å². The van der Waals surface area contributed by atoms with Crippen molar-refractivity contribution < 1.29 is 13.6 Å². The molecule has 0 radical (unpaired) electrons. The van der Waals surface area contributed by atoms with Crippen LogP contribution in [0.3, 0.4) is 0 Å². The summed E-state index contributed by atoms with van der Waals surface area (Å²) in [6, 6.07) is 0. The van der Waals surface area contributed by atoms with E-state index in [2.05, 4.69) is 0 Å². The highest BCUT2D eigenvalue weighted by atomic mass is 28.4. The van der Waals surface area contributed by atoms with Gasteiger partial charge < -0.3 is 9.53 Å². The van der Waals surface area contributed by atoms with E-state index in [9.17, 15) is 5.11 Å². The molecule has 0 saturated heterocycles. The highest BCUT2D eigenvalue weighted by molar-refractivity contribution is 6.72. The van der Waals surface area contributed by atoms with E-state index < -0.39 is 24.8 Å². The molecular formula is C15H33FO2Si. The van der Waals surface area contributed by atoms with Crippen LogP contribution in [-0.4, -0.2) is 26.0 Å². The van der Waals surface area contributed by atoms with E-state index >= 15 is 4.11 Å². The summed E-state index contributed by atoms with van der Waals surface area (Å²) in [4.78, 5) is 0. The third kappa shape index (κ3) is 4.83. The summed E-state index contributed by atoms with van der Waals surface area (Å²) in [5.41, 5.74) is 0. The molecule has 0 amide bonds. The van der Waals surface area contributed by atoms with Crippen molar-refractivity contribution in [3.05, 3.63) is 0 Å². The molecule has 0 aliphatic rings. The monoisotopic (exact) mass is 292 g/mol. The van der Waals surface area contributed by atoms with Gasteiger partial charge in [-0.2, -0.15) is 0 Å². The van der Waals surface area contributed by atoms with Gasteiger partial charge in [0.05, 0.1) is 6.10 Å². The molecule has 2 nitrogen and oxygen atoms in total. The average Bonchev–Trinajstić information content (AvgIpc) is 2.13. The van der Waals surface area contributed by atoms with Gasteiger partial charge in [0.1, 0.15) is 0 Å². The number of rotatable bonds is 5. The molecule has 0 unspecified atom stereocenters. The maximum atomic E-state index is 15.5. The molecule has 0 aromatic carbocycles. The summed E-state index contributed by atoms with van der Waals surface area (Å²) in [7, 11) is -3.43. The lowest BCUT2D eigenvalue weighted by molar-refractivity contribution is 0.0539. The largest absolute Gasteiger partial charge is 0.394 e. The Morgan fingerprint density at radius 1 is 1.00 bits per heavy atom. The second kappa shape index (κ2) is 6.23. The predicted octanol–water partition coefficient (Wildman–Crippen LogP) is 4.81. The first-order valence-corrected chi connectivity index (χ1v) is 9.06. The first kappa shape index (κ1) is 19.1. The summed E-state index contributed by atoms with van der Waals surface area (Å²) >= 11 is 0. The molecule has 19 heavy (non-hydrogen) atoms. The third-order valence-electron chi connectivity index (χ3n) is 3.64. The summed E-state index contributed by atoms with van der Waals surface area (Å²) in [5.74, 6) is 0.172. The molecular weight excluding hydrogens is 259 g/mol. The van der Waals surface area contributed by atoms with Crippen LogP contribution in [0.2, 0.25) is 10.1 Å². The minimum atomic E-state index is -3.43. The van der Waals surface area contributed by atoms with Crippen molar-refractivity contribution in [1.29, 1.82) is 0 Å². The molecule has 0 aromatic heterocycles. The van der Waals surface area contributed by atoms with E-state index in [0.717, 1.165) is 0 Å². The average molecular weight is 293 g/mol. The SMILES string of the molecule is CC(C)[C@@H](O)C[C@H](C)O[Si](F)(C(C)(C)C)C(C)(C)C. The van der Waals surface area contributed by atoms with Gasteiger partial charge in [-0.05, 0) is 19.3 Å². The molecule has 0 spiro atoms. The zero-order valence-electron chi connectivity index (χ0n) is 14.2. The quantitative estimate of drug-likeness (QED) is 0.582. The molecule has 0 bridgehead atoms. The summed E-state index contributed by atoms with van der Waals surface area (Å²) in [6.07, 6.45) is -0.205. The highest BCUT2D eigenvalue weighted by Crippen LogP contribution is 2.53. The van der Waals surface area contributed by atoms with Crippen LogP contribution in [0.5, 0.6) is 0 Å². The lowest BCUT2D eigenvalue weighted by Crippen LogP contribution is -2.52. The van der Waals surface area contributed by atoms with Crippen LogP contribution >= 0.6 is 0 Å². The molecule has 0 heterocycles. The van der Waals surface area contributed by atoms with Gasteiger partial charge in [-0.1, -0.05) is 55.4 Å². The van der Waals surface area contributed by atoms with Gasteiger partial charge in [0.25, 0.3) is 0 Å². The summed E-state index contributed by atoms with van der Waals surface area (Å²) in [6.45, 7) is 17.3. The van der Waals surface area contributed by atoms with Gasteiger partial charge in [-0.15, -0.1) is 0 Å². The van der Waals surface area contributed by atoms with Crippen molar-refractivity contribution in [3.63, 3.8) is 0 Å². The molecule has 0 aromatic rings. The molecule has 116 valence electrons. The molecule has 0 rings (SSSR count). The Balaban J connectivity index is 4.97. The molecule has 1 N–H and O–H groups in total. The fourth-order valence-corrected chi connectivity index (χ4v) is 6.02. The Morgan fingerprint density at radius 2 is 1.37 bits per heavy atom. The zero-order chi connectivity index (χ0) is 15.6. The van der Waals surface area contributed by atoms with E-state index in [4.69, 9.17) is 4.43 Å². The first-order chi connectivity index (χ1) is 8.22. The van der Waals surface area contributed by atoms with Crippen molar-refractivity contribution in [2.75, 3.05) is 0 Å². The summed E-state index contributed by atoms with van der Waals surface area (Å²) in [5, 5.41) is 8.94. The van der Waals surface area contributed by atoms with E-state index in [-0.39, 0.29) is 12.0 Å². The highest BCUT2D eigenvalue weighted by Gasteiger charge is 2.58. The Hall–Kier alpha value is 0.0669. The van der Waals surface area contributed by atoms with E-state index in [1.54, 1.807) is 0 Å². The number of hydrogen-bond acceptors (Lipinski definition) is 2. The number of halogens is 1. The smallest absolute Gasteiger partial charge is 0.393 e. The van der Waals surface area contributed by atoms with Crippen LogP contribution in [0.1, 0.15) is 68.7 Å². The van der Waals surface area contributed by atoms with Crippen molar-refractivity contribution in [3.8, 4) is 0 Å². The van der Waals surface area contributed by atoms with Crippen LogP contribution in [0, 0.1) is 5.92 Å². The Labute approximate surface area is 120 Å². The number of aliphatic hydroxyl groups excluding tert-OH is 1. The lowest BCUT2D eigenvalue weighted by Gasteiger charge is -2.45. The van der Waals surface area contributed by atoms with Crippen molar-refractivity contribution in [2.24, 2.45) is 5.92 Å². The molecule has 0 aliphatic carbocycles. The molecule has 2 atom stereocenters. The van der Waals surface area contributed by atoms with Crippen molar-refractivity contribution in [2.45, 2.75) is 91.0 Å². The minimum absolute atomic E-state index is 0.172. The van der Waals surface area contributed by atoms with Gasteiger partial charge in [0.2, 0.25) is 0 Å². The molecule has 0 saturated carbocycles. The van der Waals surface area contributed by atoms with Gasteiger partial charge >= 0.3 is 8.65 Å². The number of aliphatic hydroxyl groups is 1. The fourth-order valence-electron chi connectivity index (χ4n) is 2.42. The Bertz CT molecular complexity index is 265. The van der Waals surface area contributed by atoms with Crippen LogP contribution in [-0.2, 0) is 4.43 Å². The van der Waals surface area contributed by atoms with E-state index in [1.165, 1.54) is 0 Å². The first-order valence-electron chi connectivity index (χ1n) is 7.27. The van der Waals surface area contributed by atoms with E-state index in [1.807, 2.05) is 62.3 Å². The maximum Gasteiger partial charge on any atom is 0.394 e. The van der Waals surface area contributed by atoms with Crippen LogP contribution in [0.15, 0.2) is 0 Å². The Morgan fingerprint density at radius 3 is 1.63 bits per heavy atom. The van der Waals surface area contributed by atoms with Crippen LogP contribution in [0.25, 0.3) is 0 Å². The second-order valence-electron chi connectivity index (χ2n) is 8.07. The van der Waals surface area contributed by atoms with E-state index in [0.29, 0.717) is 6.42 Å². The number of hydrogen-bond donors (Lipinski definition) is 1. The molecule has 0 aliphatic heterocycles. The van der Waals surface area contributed by atoms with Crippen LogP contribution in [0.4, 0.5) is 4.11 Å². The van der Waals surface area contributed by atoms with Crippen LogP contribution < -0.4 is 0 Å². The van der Waals surface area contributed by atoms with Crippen molar-refractivity contribution in [1.82, 2.24) is 0 Å². The lowest BCUT2D eigenvalue weighted by atomic mass is 10.0. The maximum absolute atomic E-state index is 15.5. The van der Waals surface area contributed by atoms with Gasteiger partial charge in [-0.3, -0.25) is 4.11 Å². The normalized spacial score (nSPS) is 17.7. The molecule has 0 fully saturated rings. The topological polar surface area (TPSA) is 29.5 Å². The Kier molecular flexibility index (Phi) is 6.25. The fraction of sp³-hybridized carbons (Fsp3) is 1.00. The van der Waals surface area contributed by atoms with Crippen molar-refractivity contribution >= 4 is 8.65 Å². The minimum Gasteiger partial charge on any atom is -0.393 e. The van der Waals surface area contributed by atoms with Gasteiger partial charge in [0.15, 0.2) is 0 Å². The zero-order valence-corrected chi connectivity index (χ0v) is 15.2. The summed E-state index contributed by atoms with van der Waals surface area (Å²) < 4.78 is 21.4. The molecule has 4 heteroatoms. The van der Waals surface area contributed by atoms with Gasteiger partial charge in [-0.25, -0.2) is 0 Å². The third-order valence-corrected chi connectivity index (χ3v) is 8.22. The second-order valence-corrected chi connectivity index (χ2v) is 12.5.